The maximum Gasteiger partial charge on any atom is 0.309 e. The number of carbonyl (C=O) groups excluding carboxylic acids is 5. The van der Waals surface area contributed by atoms with Crippen molar-refractivity contribution in [3.05, 3.63) is 23.8 Å². The monoisotopic (exact) mass is 518 g/mol. The van der Waals surface area contributed by atoms with E-state index in [1.54, 1.807) is 19.9 Å². The second-order valence-electron chi connectivity index (χ2n) is 11.8. The van der Waals surface area contributed by atoms with Gasteiger partial charge in [0.15, 0.2) is 18.0 Å². The van der Waals surface area contributed by atoms with Gasteiger partial charge in [-0.3, -0.25) is 24.0 Å². The molecule has 4 rings (SSSR count). The first kappa shape index (κ1) is 26.8. The number of rotatable bonds is 5. The number of ether oxygens (including phenoxy) is 2. The number of Topliss-reactive ketones (excluding diaryl/α,β-unsaturated/α-hetero) is 2. The van der Waals surface area contributed by atoms with E-state index in [0.29, 0.717) is 12.8 Å². The number of hydrogen-bond acceptors (Lipinski definition) is 7. The molecule has 0 amide bonds. The van der Waals surface area contributed by atoms with Gasteiger partial charge in [0, 0.05) is 41.4 Å². The van der Waals surface area contributed by atoms with E-state index in [2.05, 4.69) is 0 Å². The summed E-state index contributed by atoms with van der Waals surface area (Å²) in [5.41, 5.74) is -2.41. The Hall–Kier alpha value is -2.28. The smallest absolute Gasteiger partial charge is 0.309 e. The van der Waals surface area contributed by atoms with E-state index in [9.17, 15) is 24.0 Å². The molecule has 2 unspecified atom stereocenters. The van der Waals surface area contributed by atoms with Gasteiger partial charge in [-0.1, -0.05) is 46.3 Å². The van der Waals surface area contributed by atoms with E-state index in [1.807, 2.05) is 26.8 Å². The van der Waals surface area contributed by atoms with Gasteiger partial charge in [-0.05, 0) is 36.8 Å². The summed E-state index contributed by atoms with van der Waals surface area (Å²) < 4.78 is 11.2. The van der Waals surface area contributed by atoms with Crippen molar-refractivity contribution in [3.63, 3.8) is 0 Å². The number of alkyl halides is 1. The van der Waals surface area contributed by atoms with Gasteiger partial charge in [0.2, 0.25) is 5.78 Å². The van der Waals surface area contributed by atoms with Crippen LogP contribution in [0.1, 0.15) is 60.8 Å². The molecule has 0 aromatic heterocycles. The molecule has 0 spiro atoms. The summed E-state index contributed by atoms with van der Waals surface area (Å²) in [4.78, 5) is 64.4. The summed E-state index contributed by atoms with van der Waals surface area (Å²) in [6.45, 7) is 9.76. The highest BCUT2D eigenvalue weighted by atomic mass is 35.5. The highest BCUT2D eigenvalue weighted by Gasteiger charge is 2.74. The van der Waals surface area contributed by atoms with Crippen LogP contribution < -0.4 is 0 Å². The van der Waals surface area contributed by atoms with Crippen LogP contribution in [0, 0.1) is 40.4 Å². The van der Waals surface area contributed by atoms with Gasteiger partial charge in [-0.15, -0.1) is 11.6 Å². The Kier molecular flexibility index (Phi) is 6.64. The number of hydrogen-bond donors (Lipinski definition) is 0. The molecular weight excluding hydrogens is 484 g/mol. The lowest BCUT2D eigenvalue weighted by Gasteiger charge is -2.58. The van der Waals surface area contributed by atoms with Crippen molar-refractivity contribution >= 4 is 40.9 Å². The van der Waals surface area contributed by atoms with Gasteiger partial charge in [0.1, 0.15) is 5.78 Å². The van der Waals surface area contributed by atoms with Crippen molar-refractivity contribution < 1.29 is 33.4 Å². The number of halogens is 1. The fraction of sp³-hybridized carbons (Fsp3) is 0.679. The fourth-order valence-electron chi connectivity index (χ4n) is 7.69. The zero-order chi connectivity index (χ0) is 26.8. The maximum absolute atomic E-state index is 14.0. The number of ketones is 3. The first-order valence-electron chi connectivity index (χ1n) is 12.7. The lowest BCUT2D eigenvalue weighted by Crippen LogP contribution is -2.65. The highest BCUT2D eigenvalue weighted by molar-refractivity contribution is 6.21. The number of esters is 2. The SMILES string of the molecule is CC(=O)OCC(=O)[C@@]1(OC(=O)C(C)C)C(C)C[C@H]2[C@@H]3C(Cl)CC4=CC(=O)C=C[C@]4(C)[C@H]3C(=O)C[C@@]21C. The van der Waals surface area contributed by atoms with Crippen LogP contribution in [-0.2, 0) is 33.4 Å². The van der Waals surface area contributed by atoms with Crippen molar-refractivity contribution in [3.8, 4) is 0 Å². The van der Waals surface area contributed by atoms with Gasteiger partial charge in [0.05, 0.1) is 5.92 Å². The Balaban J connectivity index is 1.83. The molecule has 0 heterocycles. The molecule has 4 aliphatic rings. The molecule has 0 bridgehead atoms. The summed E-state index contributed by atoms with van der Waals surface area (Å²) in [6.07, 6.45) is 5.97. The summed E-state index contributed by atoms with van der Waals surface area (Å²) in [6, 6.07) is 0. The molecule has 3 saturated carbocycles. The molecule has 4 aliphatic carbocycles. The van der Waals surface area contributed by atoms with Crippen LogP contribution in [0.2, 0.25) is 0 Å². The Bertz CT molecular complexity index is 1090. The van der Waals surface area contributed by atoms with Crippen molar-refractivity contribution in [2.24, 2.45) is 40.4 Å². The van der Waals surface area contributed by atoms with Gasteiger partial charge < -0.3 is 9.47 Å². The third kappa shape index (κ3) is 3.72. The zero-order valence-electron chi connectivity index (χ0n) is 21.8. The molecule has 7 nitrogen and oxygen atoms in total. The maximum atomic E-state index is 14.0. The van der Waals surface area contributed by atoms with E-state index in [1.165, 1.54) is 13.0 Å². The number of allylic oxidation sites excluding steroid dienone is 4. The van der Waals surface area contributed by atoms with E-state index >= 15 is 0 Å². The van der Waals surface area contributed by atoms with Gasteiger partial charge in [0.25, 0.3) is 0 Å². The second-order valence-corrected chi connectivity index (χ2v) is 12.3. The number of fused-ring (bicyclic) bond motifs is 5. The normalized spacial score (nSPS) is 41.2. The Morgan fingerprint density at radius 1 is 1.19 bits per heavy atom. The fourth-order valence-corrected chi connectivity index (χ4v) is 8.18. The molecule has 0 saturated heterocycles. The van der Waals surface area contributed by atoms with Crippen LogP contribution in [-0.4, -0.2) is 46.9 Å². The minimum atomic E-state index is -1.62. The molecule has 196 valence electrons. The average Bonchev–Trinajstić information content (AvgIpc) is 2.99. The van der Waals surface area contributed by atoms with Crippen molar-refractivity contribution in [2.45, 2.75) is 71.8 Å². The van der Waals surface area contributed by atoms with E-state index in [4.69, 9.17) is 21.1 Å². The van der Waals surface area contributed by atoms with Gasteiger partial charge in [-0.25, -0.2) is 0 Å². The number of carbonyl (C=O) groups is 5. The van der Waals surface area contributed by atoms with E-state index < -0.39 is 63.9 Å². The van der Waals surface area contributed by atoms with Crippen LogP contribution in [0.25, 0.3) is 0 Å². The third-order valence-electron chi connectivity index (χ3n) is 9.34. The van der Waals surface area contributed by atoms with Crippen molar-refractivity contribution in [1.29, 1.82) is 0 Å². The quantitative estimate of drug-likeness (QED) is 0.400. The van der Waals surface area contributed by atoms with Gasteiger partial charge >= 0.3 is 11.9 Å². The van der Waals surface area contributed by atoms with Crippen LogP contribution in [0.5, 0.6) is 0 Å². The molecule has 8 atom stereocenters. The summed E-state index contributed by atoms with van der Waals surface area (Å²) >= 11 is 7.00. The Morgan fingerprint density at radius 2 is 1.86 bits per heavy atom. The molecule has 0 aromatic carbocycles. The van der Waals surface area contributed by atoms with Crippen LogP contribution in [0.15, 0.2) is 23.8 Å². The lowest BCUT2D eigenvalue weighted by atomic mass is 9.46. The Labute approximate surface area is 217 Å². The van der Waals surface area contributed by atoms with Crippen molar-refractivity contribution in [2.75, 3.05) is 6.61 Å². The largest absolute Gasteiger partial charge is 0.458 e. The first-order valence-corrected chi connectivity index (χ1v) is 13.1. The topological polar surface area (TPSA) is 104 Å². The standard InChI is InChI=1S/C28H35ClO7/c1-14(2)25(34)36-28(22(33)13-35-16(4)30)15(3)9-19-23-20(29)11-17-10-18(31)7-8-26(17,5)24(23)21(32)12-27(19,28)6/h7-8,10,14-15,19-20,23-24H,9,11-13H2,1-6H3/t15?,19-,20?,23+,24-,26-,27-,28-/m0/s1. The van der Waals surface area contributed by atoms with E-state index in [0.717, 1.165) is 5.57 Å². The Morgan fingerprint density at radius 3 is 2.47 bits per heavy atom. The molecule has 0 aliphatic heterocycles. The third-order valence-corrected chi connectivity index (χ3v) is 9.79. The summed E-state index contributed by atoms with van der Waals surface area (Å²) in [5, 5.41) is -0.422. The molecule has 36 heavy (non-hydrogen) atoms. The molecular formula is C28H35ClO7. The van der Waals surface area contributed by atoms with Crippen molar-refractivity contribution in [1.82, 2.24) is 0 Å². The predicted molar refractivity (Wildman–Crippen MR) is 132 cm³/mol. The van der Waals surface area contributed by atoms with Crippen LogP contribution in [0.3, 0.4) is 0 Å². The minimum Gasteiger partial charge on any atom is -0.458 e. The lowest BCUT2D eigenvalue weighted by molar-refractivity contribution is -0.199. The zero-order valence-corrected chi connectivity index (χ0v) is 22.5. The average molecular weight is 519 g/mol. The van der Waals surface area contributed by atoms with Crippen LogP contribution in [0.4, 0.5) is 0 Å². The molecule has 3 fully saturated rings. The molecule has 0 aromatic rings. The highest BCUT2D eigenvalue weighted by Crippen LogP contribution is 2.69. The minimum absolute atomic E-state index is 0.0224. The van der Waals surface area contributed by atoms with Crippen LogP contribution >= 0.6 is 11.6 Å². The van der Waals surface area contributed by atoms with E-state index in [-0.39, 0.29) is 29.8 Å². The molecule has 0 N–H and O–H groups in total. The predicted octanol–water partition coefficient (Wildman–Crippen LogP) is 4.01. The first-order chi connectivity index (χ1) is 16.7. The molecule has 0 radical (unpaired) electrons. The summed E-state index contributed by atoms with van der Waals surface area (Å²) in [7, 11) is 0. The molecule has 8 heteroatoms. The summed E-state index contributed by atoms with van der Waals surface area (Å²) in [5.74, 6) is -3.64. The van der Waals surface area contributed by atoms with Gasteiger partial charge in [-0.2, -0.15) is 0 Å². The second kappa shape index (κ2) is 8.93.